The Morgan fingerprint density at radius 1 is 0.939 bits per heavy atom. The van der Waals surface area contributed by atoms with Crippen molar-refractivity contribution in [2.24, 2.45) is 0 Å². The van der Waals surface area contributed by atoms with Gasteiger partial charge in [0.15, 0.2) is 5.76 Å². The zero-order chi connectivity index (χ0) is 24.3. The molecule has 9 heteroatoms. The second-order valence-corrected chi connectivity index (χ2v) is 10.5. The Labute approximate surface area is 196 Å². The van der Waals surface area contributed by atoms with Gasteiger partial charge < -0.3 is 14.6 Å². The highest BCUT2D eigenvalue weighted by atomic mass is 32.2. The first-order chi connectivity index (χ1) is 15.6. The monoisotopic (exact) mass is 475 g/mol. The van der Waals surface area contributed by atoms with Crippen LogP contribution in [-0.4, -0.2) is 62.2 Å². The number of benzene rings is 1. The minimum Gasteiger partial charge on any atom is -0.459 e. The van der Waals surface area contributed by atoms with Crippen molar-refractivity contribution < 1.29 is 22.4 Å². The SMILES string of the molecule is Cc1c(C)c(C)c(S(=O)(=O)N2CCN(C(=O)CCCNC(=O)c3ccco3)CC2)c(C)c1C. The Balaban J connectivity index is 1.55. The van der Waals surface area contributed by atoms with Gasteiger partial charge in [0.05, 0.1) is 11.2 Å². The standard InChI is InChI=1S/C24H33N3O5S/c1-16-17(2)19(4)23(20(5)18(16)3)33(30,31)27-13-11-26(12-14-27)22(28)9-6-10-25-24(29)21-8-7-15-32-21/h7-8,15H,6,9-14H2,1-5H3,(H,25,29). The van der Waals surface area contributed by atoms with Crippen molar-refractivity contribution in [1.82, 2.24) is 14.5 Å². The second-order valence-electron chi connectivity index (χ2n) is 8.58. The summed E-state index contributed by atoms with van der Waals surface area (Å²) in [4.78, 5) is 26.5. The van der Waals surface area contributed by atoms with Gasteiger partial charge >= 0.3 is 0 Å². The molecular weight excluding hydrogens is 442 g/mol. The van der Waals surface area contributed by atoms with Gasteiger partial charge in [0, 0.05) is 39.1 Å². The Hall–Kier alpha value is -2.65. The van der Waals surface area contributed by atoms with Crippen molar-refractivity contribution in [2.75, 3.05) is 32.7 Å². The summed E-state index contributed by atoms with van der Waals surface area (Å²) < 4.78 is 33.5. The Morgan fingerprint density at radius 3 is 2.06 bits per heavy atom. The maximum absolute atomic E-state index is 13.5. The predicted octanol–water partition coefficient (Wildman–Crippen LogP) is 2.86. The number of piperazine rings is 1. The van der Waals surface area contributed by atoms with E-state index in [0.29, 0.717) is 37.4 Å². The lowest BCUT2D eigenvalue weighted by molar-refractivity contribution is -0.132. The van der Waals surface area contributed by atoms with Crippen LogP contribution in [0.15, 0.2) is 27.7 Å². The van der Waals surface area contributed by atoms with Crippen molar-refractivity contribution in [2.45, 2.75) is 52.4 Å². The van der Waals surface area contributed by atoms with Gasteiger partial charge in [-0.1, -0.05) is 0 Å². The van der Waals surface area contributed by atoms with E-state index in [1.54, 1.807) is 17.0 Å². The molecule has 1 aliphatic heterocycles. The third kappa shape index (κ3) is 5.14. The van der Waals surface area contributed by atoms with Crippen molar-refractivity contribution in [3.63, 3.8) is 0 Å². The van der Waals surface area contributed by atoms with Crippen LogP contribution in [0.25, 0.3) is 0 Å². The maximum Gasteiger partial charge on any atom is 0.286 e. The third-order valence-corrected chi connectivity index (χ3v) is 8.89. The molecule has 33 heavy (non-hydrogen) atoms. The lowest BCUT2D eigenvalue weighted by Gasteiger charge is -2.35. The molecule has 0 unspecified atom stereocenters. The normalized spacial score (nSPS) is 15.0. The highest BCUT2D eigenvalue weighted by Crippen LogP contribution is 2.32. The van der Waals surface area contributed by atoms with Gasteiger partial charge in [-0.25, -0.2) is 8.42 Å². The average molecular weight is 476 g/mol. The molecule has 180 valence electrons. The minimum absolute atomic E-state index is 0.0336. The van der Waals surface area contributed by atoms with E-state index in [9.17, 15) is 18.0 Å². The van der Waals surface area contributed by atoms with Crippen molar-refractivity contribution in [3.05, 3.63) is 52.0 Å². The summed E-state index contributed by atoms with van der Waals surface area (Å²) in [5, 5.41) is 2.72. The van der Waals surface area contributed by atoms with Gasteiger partial charge in [-0.2, -0.15) is 4.31 Å². The fourth-order valence-electron chi connectivity index (χ4n) is 4.25. The van der Waals surface area contributed by atoms with Gasteiger partial charge in [0.1, 0.15) is 0 Å². The number of rotatable bonds is 7. The van der Waals surface area contributed by atoms with E-state index >= 15 is 0 Å². The number of sulfonamides is 1. The van der Waals surface area contributed by atoms with Crippen LogP contribution in [-0.2, 0) is 14.8 Å². The molecule has 1 N–H and O–H groups in total. The maximum atomic E-state index is 13.5. The largest absolute Gasteiger partial charge is 0.459 e. The van der Waals surface area contributed by atoms with Crippen LogP contribution in [0.5, 0.6) is 0 Å². The molecule has 0 bridgehead atoms. The Bertz CT molecular complexity index is 1100. The highest BCUT2D eigenvalue weighted by molar-refractivity contribution is 7.89. The summed E-state index contributed by atoms with van der Waals surface area (Å²) in [6, 6.07) is 3.22. The number of hydrogen-bond acceptors (Lipinski definition) is 5. The number of amides is 2. The minimum atomic E-state index is -3.65. The Morgan fingerprint density at radius 2 is 1.52 bits per heavy atom. The zero-order valence-electron chi connectivity index (χ0n) is 20.0. The first kappa shape index (κ1) is 25.0. The van der Waals surface area contributed by atoms with Crippen LogP contribution >= 0.6 is 0 Å². The molecule has 0 saturated carbocycles. The number of carbonyl (C=O) groups excluding carboxylic acids is 2. The van der Waals surface area contributed by atoms with Crippen molar-refractivity contribution in [1.29, 1.82) is 0 Å². The lowest BCUT2D eigenvalue weighted by atomic mass is 9.95. The molecule has 1 saturated heterocycles. The van der Waals surface area contributed by atoms with Gasteiger partial charge in [0.25, 0.3) is 5.91 Å². The van der Waals surface area contributed by atoms with Crippen LogP contribution in [0.2, 0.25) is 0 Å². The lowest BCUT2D eigenvalue weighted by Crippen LogP contribution is -2.50. The molecule has 0 aliphatic carbocycles. The summed E-state index contributed by atoms with van der Waals surface area (Å²) >= 11 is 0. The molecule has 1 aromatic heterocycles. The first-order valence-corrected chi connectivity index (χ1v) is 12.7. The molecule has 1 fully saturated rings. The topological polar surface area (TPSA) is 99.9 Å². The molecule has 0 atom stereocenters. The molecule has 0 spiro atoms. The number of nitrogens with zero attached hydrogens (tertiary/aromatic N) is 2. The van der Waals surface area contributed by atoms with E-state index in [0.717, 1.165) is 27.8 Å². The van der Waals surface area contributed by atoms with Gasteiger partial charge in [-0.05, 0) is 81.0 Å². The summed E-state index contributed by atoms with van der Waals surface area (Å²) in [7, 11) is -3.65. The summed E-state index contributed by atoms with van der Waals surface area (Å²) in [6.07, 6.45) is 2.23. The smallest absolute Gasteiger partial charge is 0.286 e. The fourth-order valence-corrected chi connectivity index (χ4v) is 6.24. The van der Waals surface area contributed by atoms with E-state index in [4.69, 9.17) is 4.42 Å². The van der Waals surface area contributed by atoms with E-state index in [-0.39, 0.29) is 30.7 Å². The molecule has 1 aromatic carbocycles. The van der Waals surface area contributed by atoms with E-state index in [2.05, 4.69) is 5.32 Å². The van der Waals surface area contributed by atoms with E-state index in [1.807, 2.05) is 34.6 Å². The molecule has 0 radical (unpaired) electrons. The number of nitrogens with one attached hydrogen (secondary N) is 1. The van der Waals surface area contributed by atoms with Crippen LogP contribution in [0.3, 0.4) is 0 Å². The molecule has 2 amide bonds. The van der Waals surface area contributed by atoms with Gasteiger partial charge in [0.2, 0.25) is 15.9 Å². The summed E-state index contributed by atoms with van der Waals surface area (Å²) in [5.74, 6) is -0.102. The van der Waals surface area contributed by atoms with Crippen LogP contribution in [0.1, 0.15) is 51.2 Å². The molecule has 1 aliphatic rings. The van der Waals surface area contributed by atoms with Gasteiger partial charge in [-0.15, -0.1) is 0 Å². The predicted molar refractivity (Wildman–Crippen MR) is 126 cm³/mol. The summed E-state index contributed by atoms with van der Waals surface area (Å²) in [5.41, 5.74) is 4.73. The number of carbonyl (C=O) groups is 2. The van der Waals surface area contributed by atoms with E-state index < -0.39 is 10.0 Å². The molecule has 2 heterocycles. The van der Waals surface area contributed by atoms with Crippen LogP contribution in [0.4, 0.5) is 0 Å². The van der Waals surface area contributed by atoms with Crippen molar-refractivity contribution >= 4 is 21.8 Å². The summed E-state index contributed by atoms with van der Waals surface area (Å²) in [6.45, 7) is 11.3. The fraction of sp³-hybridized carbons (Fsp3) is 0.500. The highest BCUT2D eigenvalue weighted by Gasteiger charge is 2.33. The number of furan rings is 1. The van der Waals surface area contributed by atoms with Crippen LogP contribution < -0.4 is 5.32 Å². The average Bonchev–Trinajstić information content (AvgIpc) is 3.34. The second kappa shape index (κ2) is 10.1. The Kier molecular flexibility index (Phi) is 7.64. The number of hydrogen-bond donors (Lipinski definition) is 1. The van der Waals surface area contributed by atoms with E-state index in [1.165, 1.54) is 10.6 Å². The zero-order valence-corrected chi connectivity index (χ0v) is 20.8. The third-order valence-electron chi connectivity index (χ3n) is 6.72. The molecular formula is C24H33N3O5S. The first-order valence-electron chi connectivity index (χ1n) is 11.2. The van der Waals surface area contributed by atoms with Crippen LogP contribution in [0, 0.1) is 34.6 Å². The van der Waals surface area contributed by atoms with Crippen molar-refractivity contribution in [3.8, 4) is 0 Å². The van der Waals surface area contributed by atoms with Gasteiger partial charge in [-0.3, -0.25) is 9.59 Å². The quantitative estimate of drug-likeness (QED) is 0.621. The molecule has 8 nitrogen and oxygen atoms in total. The molecule has 2 aromatic rings. The molecule has 3 rings (SSSR count).